The van der Waals surface area contributed by atoms with Crippen LogP contribution in [0.25, 0.3) is 16.6 Å². The van der Waals surface area contributed by atoms with Crippen molar-refractivity contribution in [1.29, 1.82) is 0 Å². The predicted octanol–water partition coefficient (Wildman–Crippen LogP) is 2.14. The van der Waals surface area contributed by atoms with Gasteiger partial charge in [0.15, 0.2) is 0 Å². The van der Waals surface area contributed by atoms with Crippen molar-refractivity contribution >= 4 is 16.8 Å². The van der Waals surface area contributed by atoms with Crippen LogP contribution in [0.5, 0.6) is 0 Å². The molecule has 0 saturated heterocycles. The molecule has 8 nitrogen and oxygen atoms in total. The Morgan fingerprint density at radius 2 is 1.90 bits per heavy atom. The summed E-state index contributed by atoms with van der Waals surface area (Å²) in [5, 5.41) is 3.37. The average molecular weight is 403 g/mol. The molecular weight excluding hydrogens is 382 g/mol. The minimum absolute atomic E-state index is 0.118. The van der Waals surface area contributed by atoms with Crippen LogP contribution in [0.3, 0.4) is 0 Å². The predicted molar refractivity (Wildman–Crippen MR) is 114 cm³/mol. The second kappa shape index (κ2) is 8.20. The Balaban J connectivity index is 1.42. The number of aromatic amines is 1. The molecule has 0 aliphatic carbocycles. The molecule has 4 aromatic rings. The molecule has 0 fully saturated rings. The highest BCUT2D eigenvalue weighted by Gasteiger charge is 2.12. The maximum atomic E-state index is 12.5. The van der Waals surface area contributed by atoms with E-state index in [1.807, 2.05) is 42.0 Å². The van der Waals surface area contributed by atoms with Crippen molar-refractivity contribution < 1.29 is 4.79 Å². The van der Waals surface area contributed by atoms with Gasteiger partial charge in [-0.15, -0.1) is 0 Å². The topological polar surface area (TPSA) is 102 Å². The van der Waals surface area contributed by atoms with Crippen molar-refractivity contribution in [2.45, 2.75) is 25.9 Å². The number of nitrogens with zero attached hydrogens (tertiary/aromatic N) is 3. The van der Waals surface area contributed by atoms with Gasteiger partial charge in [0, 0.05) is 31.0 Å². The van der Waals surface area contributed by atoms with Crippen molar-refractivity contribution in [2.24, 2.45) is 0 Å². The highest BCUT2D eigenvalue weighted by atomic mass is 16.2. The fraction of sp³-hybridized carbons (Fsp3) is 0.182. The van der Waals surface area contributed by atoms with Crippen LogP contribution in [0, 0.1) is 0 Å². The van der Waals surface area contributed by atoms with Gasteiger partial charge in [-0.3, -0.25) is 19.1 Å². The van der Waals surface area contributed by atoms with E-state index in [4.69, 9.17) is 0 Å². The van der Waals surface area contributed by atoms with E-state index >= 15 is 0 Å². The quantitative estimate of drug-likeness (QED) is 0.515. The Hall–Kier alpha value is -3.94. The van der Waals surface area contributed by atoms with Crippen LogP contribution < -0.4 is 16.6 Å². The van der Waals surface area contributed by atoms with E-state index < -0.39 is 11.2 Å². The molecule has 8 heteroatoms. The van der Waals surface area contributed by atoms with E-state index in [9.17, 15) is 14.4 Å². The molecule has 2 aromatic carbocycles. The van der Waals surface area contributed by atoms with Crippen LogP contribution in [-0.4, -0.2) is 25.0 Å². The number of H-pyrrole nitrogens is 1. The minimum atomic E-state index is -0.519. The van der Waals surface area contributed by atoms with Crippen LogP contribution >= 0.6 is 0 Å². The number of nitrogens with one attached hydrogen (secondary N) is 2. The number of rotatable bonds is 6. The van der Waals surface area contributed by atoms with Gasteiger partial charge in [-0.2, -0.15) is 0 Å². The molecule has 2 heterocycles. The number of carbonyl (C=O) groups excluding carboxylic acids is 1. The first-order valence-electron chi connectivity index (χ1n) is 9.62. The number of hydrogen-bond donors (Lipinski definition) is 2. The van der Waals surface area contributed by atoms with Crippen molar-refractivity contribution in [3.63, 3.8) is 0 Å². The maximum absolute atomic E-state index is 12.5. The fourth-order valence-corrected chi connectivity index (χ4v) is 3.42. The summed E-state index contributed by atoms with van der Waals surface area (Å²) in [5.74, 6) is -0.177. The number of para-hydroxylation sites is 1. The van der Waals surface area contributed by atoms with E-state index in [0.29, 0.717) is 10.9 Å². The molecule has 30 heavy (non-hydrogen) atoms. The molecule has 0 aliphatic rings. The van der Waals surface area contributed by atoms with Gasteiger partial charge in [0.2, 0.25) is 5.91 Å². The first-order chi connectivity index (χ1) is 14.5. The number of hydrogen-bond acceptors (Lipinski definition) is 4. The van der Waals surface area contributed by atoms with Crippen LogP contribution in [0.15, 0.2) is 76.8 Å². The molecule has 0 spiro atoms. The molecule has 2 aromatic heterocycles. The first kappa shape index (κ1) is 19.4. The molecule has 0 bridgehead atoms. The second-order valence-electron chi connectivity index (χ2n) is 7.03. The highest BCUT2D eigenvalue weighted by molar-refractivity contribution is 5.79. The average Bonchev–Trinajstić information content (AvgIpc) is 3.28. The van der Waals surface area contributed by atoms with Crippen molar-refractivity contribution in [1.82, 2.24) is 24.4 Å². The summed E-state index contributed by atoms with van der Waals surface area (Å²) >= 11 is 0. The number of aryl methyl sites for hydroxylation is 1. The highest BCUT2D eigenvalue weighted by Crippen LogP contribution is 2.16. The SMILES string of the molecule is CC(NC(=O)CCn1c(=O)[nH]c(=O)c2ccccc21)c1ccc(-n2ccnc2)cc1. The fourth-order valence-electron chi connectivity index (χ4n) is 3.42. The lowest BCUT2D eigenvalue weighted by Gasteiger charge is -2.16. The molecule has 0 radical (unpaired) electrons. The van der Waals surface area contributed by atoms with Gasteiger partial charge >= 0.3 is 5.69 Å². The minimum Gasteiger partial charge on any atom is -0.350 e. The molecule has 0 aliphatic heterocycles. The molecule has 2 N–H and O–H groups in total. The number of imidazole rings is 1. The molecular formula is C22H21N5O3. The van der Waals surface area contributed by atoms with E-state index in [-0.39, 0.29) is 24.9 Å². The Kier molecular flexibility index (Phi) is 5.30. The van der Waals surface area contributed by atoms with Crippen LogP contribution in [0.1, 0.15) is 24.9 Å². The van der Waals surface area contributed by atoms with Gasteiger partial charge in [0.1, 0.15) is 0 Å². The lowest BCUT2D eigenvalue weighted by molar-refractivity contribution is -0.121. The molecule has 1 atom stereocenters. The van der Waals surface area contributed by atoms with Gasteiger partial charge in [-0.25, -0.2) is 9.78 Å². The third kappa shape index (κ3) is 3.93. The Morgan fingerprint density at radius 1 is 1.13 bits per heavy atom. The molecule has 152 valence electrons. The second-order valence-corrected chi connectivity index (χ2v) is 7.03. The zero-order valence-corrected chi connectivity index (χ0v) is 16.4. The maximum Gasteiger partial charge on any atom is 0.328 e. The first-order valence-corrected chi connectivity index (χ1v) is 9.62. The summed E-state index contributed by atoms with van der Waals surface area (Å²) in [7, 11) is 0. The Labute approximate surface area is 171 Å². The summed E-state index contributed by atoms with van der Waals surface area (Å²) in [5.41, 5.74) is 1.53. The van der Waals surface area contributed by atoms with E-state index in [1.165, 1.54) is 4.57 Å². The molecule has 1 amide bonds. The van der Waals surface area contributed by atoms with Gasteiger partial charge in [-0.1, -0.05) is 24.3 Å². The normalized spacial score (nSPS) is 12.0. The number of fused-ring (bicyclic) bond motifs is 1. The smallest absolute Gasteiger partial charge is 0.328 e. The van der Waals surface area contributed by atoms with Gasteiger partial charge < -0.3 is 9.88 Å². The third-order valence-electron chi connectivity index (χ3n) is 5.04. The van der Waals surface area contributed by atoms with Crippen LogP contribution in [0.2, 0.25) is 0 Å². The van der Waals surface area contributed by atoms with Crippen molar-refractivity contribution in [3.05, 3.63) is 93.7 Å². The largest absolute Gasteiger partial charge is 0.350 e. The molecule has 1 unspecified atom stereocenters. The summed E-state index contributed by atoms with van der Waals surface area (Å²) in [6, 6.07) is 14.5. The summed E-state index contributed by atoms with van der Waals surface area (Å²) < 4.78 is 3.32. The van der Waals surface area contributed by atoms with Gasteiger partial charge in [0.25, 0.3) is 5.56 Å². The third-order valence-corrected chi connectivity index (χ3v) is 5.04. The van der Waals surface area contributed by atoms with E-state index in [1.54, 1.807) is 36.8 Å². The lowest BCUT2D eigenvalue weighted by atomic mass is 10.1. The number of aromatic nitrogens is 4. The summed E-state index contributed by atoms with van der Waals surface area (Å²) in [6.45, 7) is 2.08. The molecule has 4 rings (SSSR count). The standard InChI is InChI=1S/C22H21N5O3/c1-15(16-6-8-17(9-7-16)26-13-11-23-14-26)24-20(28)10-12-27-19-5-3-2-4-18(19)21(29)25-22(27)30/h2-9,11,13-15H,10,12H2,1H3,(H,24,28)(H,25,29,30). The number of amides is 1. The van der Waals surface area contributed by atoms with E-state index in [2.05, 4.69) is 15.3 Å². The van der Waals surface area contributed by atoms with Gasteiger partial charge in [0.05, 0.1) is 23.3 Å². The Morgan fingerprint density at radius 3 is 2.63 bits per heavy atom. The Bertz CT molecular complexity index is 1290. The monoisotopic (exact) mass is 403 g/mol. The molecule has 0 saturated carbocycles. The van der Waals surface area contributed by atoms with Crippen molar-refractivity contribution in [3.8, 4) is 5.69 Å². The summed E-state index contributed by atoms with van der Waals surface area (Å²) in [6.07, 6.45) is 5.42. The number of benzene rings is 2. The van der Waals surface area contributed by atoms with Crippen molar-refractivity contribution in [2.75, 3.05) is 0 Å². The lowest BCUT2D eigenvalue weighted by Crippen LogP contribution is -2.33. The zero-order chi connectivity index (χ0) is 21.1. The summed E-state index contributed by atoms with van der Waals surface area (Å²) in [4.78, 5) is 42.9. The zero-order valence-electron chi connectivity index (χ0n) is 16.4. The van der Waals surface area contributed by atoms with E-state index in [0.717, 1.165) is 11.3 Å². The van der Waals surface area contributed by atoms with Crippen LogP contribution in [-0.2, 0) is 11.3 Å². The van der Waals surface area contributed by atoms with Crippen LogP contribution in [0.4, 0.5) is 0 Å². The van der Waals surface area contributed by atoms with Gasteiger partial charge in [-0.05, 0) is 36.8 Å². The number of carbonyl (C=O) groups is 1.